The molecule has 4 rings (SSSR count). The predicted octanol–water partition coefficient (Wildman–Crippen LogP) is 1.34. The summed E-state index contributed by atoms with van der Waals surface area (Å²) >= 11 is 0. The summed E-state index contributed by atoms with van der Waals surface area (Å²) < 4.78 is 1.82. The van der Waals surface area contributed by atoms with E-state index in [0.717, 1.165) is 51.1 Å². The van der Waals surface area contributed by atoms with Gasteiger partial charge in [-0.25, -0.2) is 4.68 Å². The van der Waals surface area contributed by atoms with Gasteiger partial charge in [0.05, 0.1) is 6.20 Å². The minimum Gasteiger partial charge on any atom is -0.370 e. The number of anilines is 1. The molecule has 7 nitrogen and oxygen atoms in total. The first kappa shape index (κ1) is 16.6. The fourth-order valence-electron chi connectivity index (χ4n) is 4.14. The second kappa shape index (κ2) is 6.14. The summed E-state index contributed by atoms with van der Waals surface area (Å²) in [5, 5.41) is 21.1. The van der Waals surface area contributed by atoms with Crippen LogP contribution in [-0.2, 0) is 0 Å². The van der Waals surface area contributed by atoms with Crippen LogP contribution in [0.4, 0.5) is 5.82 Å². The molecule has 4 heterocycles. The minimum atomic E-state index is -0.782. The Bertz CT molecular complexity index is 702. The highest BCUT2D eigenvalue weighted by molar-refractivity contribution is 5.99. The number of allylic oxidation sites excluding steroid dienone is 1. The van der Waals surface area contributed by atoms with Crippen LogP contribution in [0.3, 0.4) is 0 Å². The number of hydrogen-bond donors (Lipinski definition) is 3. The molecule has 0 bridgehead atoms. The molecule has 25 heavy (non-hydrogen) atoms. The molecular formula is C18H27N5O2. The van der Waals surface area contributed by atoms with Gasteiger partial charge < -0.3 is 20.6 Å². The van der Waals surface area contributed by atoms with E-state index in [4.69, 9.17) is 0 Å². The molecule has 0 radical (unpaired) electrons. The van der Waals surface area contributed by atoms with Gasteiger partial charge in [0.25, 0.3) is 5.91 Å². The summed E-state index contributed by atoms with van der Waals surface area (Å²) in [6, 6.07) is 0. The SMILES string of the molecule is CC1(C)CCN(C(=O)c2cnn3c2NC(O)C=C3C2CCNCC2)C1. The van der Waals surface area contributed by atoms with Crippen molar-refractivity contribution in [1.82, 2.24) is 20.0 Å². The van der Waals surface area contributed by atoms with Crippen LogP contribution in [0.15, 0.2) is 12.3 Å². The maximum absolute atomic E-state index is 13.0. The van der Waals surface area contributed by atoms with E-state index < -0.39 is 6.23 Å². The van der Waals surface area contributed by atoms with E-state index in [1.807, 2.05) is 15.7 Å². The van der Waals surface area contributed by atoms with E-state index in [-0.39, 0.29) is 11.3 Å². The topological polar surface area (TPSA) is 82.4 Å². The van der Waals surface area contributed by atoms with Crippen LogP contribution < -0.4 is 10.6 Å². The van der Waals surface area contributed by atoms with Crippen LogP contribution in [0.1, 0.15) is 43.5 Å². The zero-order valence-corrected chi connectivity index (χ0v) is 15.0. The predicted molar refractivity (Wildman–Crippen MR) is 96.0 cm³/mol. The molecule has 7 heteroatoms. The highest BCUT2D eigenvalue weighted by Crippen LogP contribution is 2.35. The van der Waals surface area contributed by atoms with Crippen molar-refractivity contribution in [3.63, 3.8) is 0 Å². The number of fused-ring (bicyclic) bond motifs is 1. The molecule has 136 valence electrons. The number of aliphatic hydroxyl groups is 1. The number of carbonyl (C=O) groups excluding carboxylic acids is 1. The van der Waals surface area contributed by atoms with E-state index in [0.29, 0.717) is 17.3 Å². The van der Waals surface area contributed by atoms with Crippen LogP contribution in [0, 0.1) is 11.3 Å². The molecule has 3 aliphatic rings. The van der Waals surface area contributed by atoms with Crippen LogP contribution in [0.25, 0.3) is 5.70 Å². The van der Waals surface area contributed by atoms with E-state index in [1.165, 1.54) is 0 Å². The zero-order valence-electron chi connectivity index (χ0n) is 15.0. The second-order valence-corrected chi connectivity index (χ2v) is 8.16. The third-order valence-corrected chi connectivity index (χ3v) is 5.58. The van der Waals surface area contributed by atoms with Crippen molar-refractivity contribution in [2.24, 2.45) is 11.3 Å². The smallest absolute Gasteiger partial charge is 0.259 e. The van der Waals surface area contributed by atoms with Crippen LogP contribution in [0.5, 0.6) is 0 Å². The van der Waals surface area contributed by atoms with Crippen molar-refractivity contribution in [1.29, 1.82) is 0 Å². The lowest BCUT2D eigenvalue weighted by molar-refractivity contribution is 0.0779. The quantitative estimate of drug-likeness (QED) is 0.753. The molecule has 0 spiro atoms. The first-order chi connectivity index (χ1) is 11.9. The molecule has 2 saturated heterocycles. The number of carbonyl (C=O) groups is 1. The molecule has 1 unspecified atom stereocenters. The second-order valence-electron chi connectivity index (χ2n) is 8.16. The Kier molecular flexibility index (Phi) is 4.08. The van der Waals surface area contributed by atoms with Gasteiger partial charge in [-0.3, -0.25) is 4.79 Å². The highest BCUT2D eigenvalue weighted by Gasteiger charge is 2.36. The van der Waals surface area contributed by atoms with Crippen molar-refractivity contribution in [3.05, 3.63) is 17.8 Å². The Balaban J connectivity index is 1.62. The number of rotatable bonds is 2. The average Bonchev–Trinajstić information content (AvgIpc) is 3.17. The van der Waals surface area contributed by atoms with E-state index >= 15 is 0 Å². The Morgan fingerprint density at radius 1 is 1.36 bits per heavy atom. The summed E-state index contributed by atoms with van der Waals surface area (Å²) in [6.07, 6.45) is 5.73. The van der Waals surface area contributed by atoms with Gasteiger partial charge in [0.15, 0.2) is 0 Å². The van der Waals surface area contributed by atoms with Crippen molar-refractivity contribution in [2.75, 3.05) is 31.5 Å². The van der Waals surface area contributed by atoms with Crippen molar-refractivity contribution < 1.29 is 9.90 Å². The molecule has 1 aromatic heterocycles. The van der Waals surface area contributed by atoms with Gasteiger partial charge in [-0.05, 0) is 43.8 Å². The van der Waals surface area contributed by atoms with Crippen LogP contribution >= 0.6 is 0 Å². The Labute approximate surface area is 148 Å². The Morgan fingerprint density at radius 3 is 2.80 bits per heavy atom. The fraction of sp³-hybridized carbons (Fsp3) is 0.667. The van der Waals surface area contributed by atoms with Gasteiger partial charge in [0.2, 0.25) is 0 Å². The Morgan fingerprint density at radius 2 is 2.12 bits per heavy atom. The monoisotopic (exact) mass is 345 g/mol. The van der Waals surface area contributed by atoms with E-state index in [9.17, 15) is 9.90 Å². The normalized spacial score (nSPS) is 26.1. The fourth-order valence-corrected chi connectivity index (χ4v) is 4.14. The number of aromatic nitrogens is 2. The van der Waals surface area contributed by atoms with Gasteiger partial charge in [0, 0.05) is 24.7 Å². The molecule has 0 saturated carbocycles. The molecular weight excluding hydrogens is 318 g/mol. The zero-order chi connectivity index (χ0) is 17.6. The first-order valence-electron chi connectivity index (χ1n) is 9.19. The van der Waals surface area contributed by atoms with Gasteiger partial charge in [-0.15, -0.1) is 0 Å². The molecule has 3 N–H and O–H groups in total. The standard InChI is InChI=1S/C18H27N5O2/c1-18(2)5-8-22(11-18)17(25)13-10-20-23-14(9-15(24)21-16(13)23)12-3-6-19-7-4-12/h9-10,12,15,19,21,24H,3-8,11H2,1-2H3. The lowest BCUT2D eigenvalue weighted by Crippen LogP contribution is -2.34. The lowest BCUT2D eigenvalue weighted by atomic mass is 9.93. The van der Waals surface area contributed by atoms with Gasteiger partial charge in [-0.2, -0.15) is 5.10 Å². The molecule has 2 fully saturated rings. The number of amides is 1. The maximum Gasteiger partial charge on any atom is 0.259 e. The number of nitrogens with one attached hydrogen (secondary N) is 2. The number of likely N-dealkylation sites (tertiary alicyclic amines) is 1. The van der Waals surface area contributed by atoms with Crippen LogP contribution in [0.2, 0.25) is 0 Å². The number of hydrogen-bond acceptors (Lipinski definition) is 5. The number of aliphatic hydroxyl groups excluding tert-OH is 1. The molecule has 0 aliphatic carbocycles. The van der Waals surface area contributed by atoms with Gasteiger partial charge in [0.1, 0.15) is 17.6 Å². The number of nitrogens with zero attached hydrogens (tertiary/aromatic N) is 3. The highest BCUT2D eigenvalue weighted by atomic mass is 16.3. The molecule has 3 aliphatic heterocycles. The molecule has 1 amide bonds. The van der Waals surface area contributed by atoms with Gasteiger partial charge >= 0.3 is 0 Å². The van der Waals surface area contributed by atoms with Gasteiger partial charge in [-0.1, -0.05) is 13.8 Å². The minimum absolute atomic E-state index is 0.00177. The maximum atomic E-state index is 13.0. The van der Waals surface area contributed by atoms with E-state index in [1.54, 1.807) is 6.20 Å². The summed E-state index contributed by atoms with van der Waals surface area (Å²) in [5.41, 5.74) is 1.72. The molecule has 1 aromatic rings. The molecule has 0 aromatic carbocycles. The van der Waals surface area contributed by atoms with E-state index in [2.05, 4.69) is 29.6 Å². The summed E-state index contributed by atoms with van der Waals surface area (Å²) in [6.45, 7) is 7.85. The van der Waals surface area contributed by atoms with Crippen molar-refractivity contribution in [3.8, 4) is 0 Å². The van der Waals surface area contributed by atoms with Crippen molar-refractivity contribution in [2.45, 2.75) is 39.3 Å². The summed E-state index contributed by atoms with van der Waals surface area (Å²) in [7, 11) is 0. The Hall–Kier alpha value is -1.86. The van der Waals surface area contributed by atoms with Crippen molar-refractivity contribution >= 4 is 17.4 Å². The average molecular weight is 345 g/mol. The third kappa shape index (κ3) is 3.06. The third-order valence-electron chi connectivity index (χ3n) is 5.58. The summed E-state index contributed by atoms with van der Waals surface area (Å²) in [5.74, 6) is 0.974. The number of piperidine rings is 1. The largest absolute Gasteiger partial charge is 0.370 e. The lowest BCUT2D eigenvalue weighted by Gasteiger charge is -2.30. The first-order valence-corrected chi connectivity index (χ1v) is 9.19. The van der Waals surface area contributed by atoms with Crippen LogP contribution in [-0.4, -0.2) is 58.1 Å². The summed E-state index contributed by atoms with van der Waals surface area (Å²) in [4.78, 5) is 14.9. The molecule has 1 atom stereocenters.